The highest BCUT2D eigenvalue weighted by molar-refractivity contribution is 7.93. The maximum Gasteiger partial charge on any atom is 0.337 e. The zero-order valence-corrected chi connectivity index (χ0v) is 22.2. The van der Waals surface area contributed by atoms with Crippen molar-refractivity contribution in [2.45, 2.75) is 90.1 Å². The number of rotatable bonds is 6. The van der Waals surface area contributed by atoms with E-state index in [1.807, 2.05) is 65.0 Å². The van der Waals surface area contributed by atoms with Crippen molar-refractivity contribution in [3.8, 4) is 11.1 Å². The summed E-state index contributed by atoms with van der Waals surface area (Å²) >= 11 is 0. The van der Waals surface area contributed by atoms with Gasteiger partial charge in [-0.2, -0.15) is 0 Å². The minimum atomic E-state index is -3.49. The number of ether oxygens (including phenoxy) is 1. The molecule has 6 nitrogen and oxygen atoms in total. The summed E-state index contributed by atoms with van der Waals surface area (Å²) in [6, 6.07) is 9.83. The molecule has 2 aliphatic rings. The Morgan fingerprint density at radius 2 is 1.71 bits per heavy atom. The van der Waals surface area contributed by atoms with Gasteiger partial charge in [-0.05, 0) is 82.2 Å². The molecular weight excluding hydrogens is 462 g/mol. The average Bonchev–Trinajstić information content (AvgIpc) is 3.21. The average molecular weight is 500 g/mol. The Bertz CT molecular complexity index is 1210. The zero-order chi connectivity index (χ0) is 25.5. The molecule has 1 saturated carbocycles. The van der Waals surface area contributed by atoms with Gasteiger partial charge in [0.2, 0.25) is 10.0 Å². The van der Waals surface area contributed by atoms with E-state index in [1.165, 1.54) is 0 Å². The summed E-state index contributed by atoms with van der Waals surface area (Å²) < 4.78 is 35.0. The number of carboxylic acids is 1. The largest absolute Gasteiger partial charge is 0.479 e. The van der Waals surface area contributed by atoms with E-state index in [0.717, 1.165) is 47.1 Å². The number of hydrogen-bond donors (Lipinski definition) is 1. The van der Waals surface area contributed by atoms with Crippen molar-refractivity contribution in [1.29, 1.82) is 0 Å². The first-order chi connectivity index (χ1) is 16.4. The topological polar surface area (TPSA) is 83.9 Å². The van der Waals surface area contributed by atoms with Crippen molar-refractivity contribution in [3.05, 3.63) is 52.6 Å². The zero-order valence-electron chi connectivity index (χ0n) is 21.4. The van der Waals surface area contributed by atoms with Crippen LogP contribution in [0.25, 0.3) is 11.1 Å². The second-order valence-electron chi connectivity index (χ2n) is 10.9. The number of hydrogen-bond acceptors (Lipinski definition) is 4. The minimum Gasteiger partial charge on any atom is -0.479 e. The highest BCUT2D eigenvalue weighted by Gasteiger charge is 2.40. The smallest absolute Gasteiger partial charge is 0.337 e. The number of nitrogens with zero attached hydrogens (tertiary/aromatic N) is 1. The molecule has 0 unspecified atom stereocenters. The van der Waals surface area contributed by atoms with Gasteiger partial charge in [0.1, 0.15) is 0 Å². The normalized spacial score (nSPS) is 17.9. The molecule has 1 N–H and O–H groups in total. The number of benzene rings is 2. The lowest BCUT2D eigenvalue weighted by Gasteiger charge is -2.31. The Morgan fingerprint density at radius 1 is 1.09 bits per heavy atom. The predicted molar refractivity (Wildman–Crippen MR) is 139 cm³/mol. The van der Waals surface area contributed by atoms with Gasteiger partial charge in [0, 0.05) is 12.1 Å². The number of carboxylic acid groups (broad SMARTS) is 1. The monoisotopic (exact) mass is 499 g/mol. The van der Waals surface area contributed by atoms with E-state index < -0.39 is 27.7 Å². The molecule has 1 fully saturated rings. The summed E-state index contributed by atoms with van der Waals surface area (Å²) in [7, 11) is -3.49. The molecule has 1 heterocycles. The number of sulfonamides is 1. The lowest BCUT2D eigenvalue weighted by Crippen LogP contribution is -2.38. The van der Waals surface area contributed by atoms with E-state index >= 15 is 0 Å². The quantitative estimate of drug-likeness (QED) is 0.532. The molecule has 1 aliphatic heterocycles. The molecule has 4 rings (SSSR count). The van der Waals surface area contributed by atoms with Crippen molar-refractivity contribution in [2.24, 2.45) is 0 Å². The SMILES string of the molecule is Cc1ccc(-c2c3c(cc(C)c2[C@H](OC(C)(C)C)C(=O)O)N(S(=O)(=O)C2CCCCC2)CC3)cc1. The van der Waals surface area contributed by atoms with Crippen LogP contribution in [-0.2, 0) is 26.0 Å². The highest BCUT2D eigenvalue weighted by atomic mass is 32.2. The van der Waals surface area contributed by atoms with E-state index in [0.29, 0.717) is 37.1 Å². The molecule has 0 radical (unpaired) electrons. The van der Waals surface area contributed by atoms with E-state index in [2.05, 4.69) is 0 Å². The van der Waals surface area contributed by atoms with E-state index in [9.17, 15) is 18.3 Å². The Morgan fingerprint density at radius 3 is 2.29 bits per heavy atom. The predicted octanol–water partition coefficient (Wildman–Crippen LogP) is 5.94. The van der Waals surface area contributed by atoms with Crippen LogP contribution >= 0.6 is 0 Å². The minimum absolute atomic E-state index is 0.346. The molecular formula is C28H37NO5S. The molecule has 0 saturated heterocycles. The first-order valence-corrected chi connectivity index (χ1v) is 14.1. The Kier molecular flexibility index (Phi) is 7.04. The summed E-state index contributed by atoms with van der Waals surface area (Å²) in [4.78, 5) is 12.5. The van der Waals surface area contributed by atoms with Crippen LogP contribution in [0.3, 0.4) is 0 Å². The lowest BCUT2D eigenvalue weighted by atomic mass is 9.86. The van der Waals surface area contributed by atoms with Gasteiger partial charge in [0.05, 0.1) is 16.5 Å². The molecule has 2 aromatic rings. The maximum atomic E-state index is 13.7. The number of carbonyl (C=O) groups is 1. The van der Waals surface area contributed by atoms with Gasteiger partial charge in [-0.15, -0.1) is 0 Å². The van der Waals surface area contributed by atoms with Crippen LogP contribution in [0, 0.1) is 13.8 Å². The second-order valence-corrected chi connectivity index (χ2v) is 13.1. The molecule has 0 bridgehead atoms. The third-order valence-corrected chi connectivity index (χ3v) is 9.38. The van der Waals surface area contributed by atoms with Crippen molar-refractivity contribution >= 4 is 21.7 Å². The van der Waals surface area contributed by atoms with Crippen LogP contribution in [0.5, 0.6) is 0 Å². The molecule has 0 spiro atoms. The summed E-state index contributed by atoms with van der Waals surface area (Å²) in [6.45, 7) is 9.78. The Balaban J connectivity index is 1.92. The van der Waals surface area contributed by atoms with E-state index in [1.54, 1.807) is 4.31 Å². The fourth-order valence-electron chi connectivity index (χ4n) is 5.45. The molecule has 0 aromatic heterocycles. The van der Waals surface area contributed by atoms with E-state index in [-0.39, 0.29) is 5.25 Å². The van der Waals surface area contributed by atoms with Gasteiger partial charge in [-0.25, -0.2) is 13.2 Å². The number of aliphatic carboxylic acids is 1. The van der Waals surface area contributed by atoms with Gasteiger partial charge in [-0.1, -0.05) is 49.1 Å². The lowest BCUT2D eigenvalue weighted by molar-refractivity contribution is -0.160. The van der Waals surface area contributed by atoms with Crippen molar-refractivity contribution in [3.63, 3.8) is 0 Å². The third kappa shape index (κ3) is 5.12. The first kappa shape index (κ1) is 25.7. The molecule has 0 amide bonds. The van der Waals surface area contributed by atoms with Gasteiger partial charge >= 0.3 is 5.97 Å². The van der Waals surface area contributed by atoms with Crippen molar-refractivity contribution in [2.75, 3.05) is 10.8 Å². The maximum absolute atomic E-state index is 13.7. The second kappa shape index (κ2) is 9.58. The summed E-state index contributed by atoms with van der Waals surface area (Å²) in [6.07, 6.45) is 3.77. The summed E-state index contributed by atoms with van der Waals surface area (Å²) in [5.74, 6) is -1.05. The standard InChI is InChI=1S/C28H37NO5S/c1-18-11-13-20(14-12-18)25-22-15-16-29(35(32,33)21-9-7-6-8-10-21)23(22)17-19(2)24(25)26(27(30)31)34-28(3,4)5/h11-14,17,21,26H,6-10,15-16H2,1-5H3,(H,30,31)/t26-/m0/s1. The number of fused-ring (bicyclic) bond motifs is 1. The number of aryl methyl sites for hydroxylation is 2. The Labute approximate surface area is 209 Å². The van der Waals surface area contributed by atoms with Crippen LogP contribution in [0.2, 0.25) is 0 Å². The molecule has 190 valence electrons. The molecule has 1 aliphatic carbocycles. The van der Waals surface area contributed by atoms with Crippen LogP contribution in [-0.4, -0.2) is 36.9 Å². The third-order valence-electron chi connectivity index (χ3n) is 7.07. The molecule has 2 aromatic carbocycles. The van der Waals surface area contributed by atoms with Gasteiger partial charge < -0.3 is 9.84 Å². The summed E-state index contributed by atoms with van der Waals surface area (Å²) in [5.41, 5.74) is 5.00. The van der Waals surface area contributed by atoms with Crippen LogP contribution < -0.4 is 4.31 Å². The summed E-state index contributed by atoms with van der Waals surface area (Å²) in [5, 5.41) is 9.85. The van der Waals surface area contributed by atoms with Gasteiger partial charge in [-0.3, -0.25) is 4.31 Å². The fraction of sp³-hybridized carbons (Fsp3) is 0.536. The fourth-order valence-corrected chi connectivity index (χ4v) is 7.52. The molecule has 7 heteroatoms. The van der Waals surface area contributed by atoms with Crippen LogP contribution in [0.4, 0.5) is 5.69 Å². The van der Waals surface area contributed by atoms with Crippen LogP contribution in [0.15, 0.2) is 30.3 Å². The van der Waals surface area contributed by atoms with Gasteiger partial charge in [0.25, 0.3) is 0 Å². The van der Waals surface area contributed by atoms with Gasteiger partial charge in [0.15, 0.2) is 6.10 Å². The molecule has 35 heavy (non-hydrogen) atoms. The van der Waals surface area contributed by atoms with E-state index in [4.69, 9.17) is 4.74 Å². The van der Waals surface area contributed by atoms with Crippen molar-refractivity contribution in [1.82, 2.24) is 0 Å². The van der Waals surface area contributed by atoms with Crippen LogP contribution in [0.1, 0.15) is 81.2 Å². The highest BCUT2D eigenvalue weighted by Crippen LogP contribution is 2.46. The molecule has 1 atom stereocenters. The Hall–Kier alpha value is -2.38. The first-order valence-electron chi connectivity index (χ1n) is 12.6. The van der Waals surface area contributed by atoms with Crippen molar-refractivity contribution < 1.29 is 23.1 Å². The number of anilines is 1.